The van der Waals surface area contributed by atoms with Crippen molar-refractivity contribution in [3.63, 3.8) is 0 Å². The average Bonchev–Trinajstić information content (AvgIpc) is 2.46. The number of hydrogen-bond acceptors (Lipinski definition) is 3. The molecule has 1 aliphatic rings. The second-order valence-corrected chi connectivity index (χ2v) is 7.10. The molecule has 3 nitrogen and oxygen atoms in total. The lowest BCUT2D eigenvalue weighted by molar-refractivity contribution is -0.133. The highest BCUT2D eigenvalue weighted by atomic mass is 32.2. The smallest absolute Gasteiger partial charge is 0.233 e. The number of rotatable bonds is 5. The molecule has 21 heavy (non-hydrogen) atoms. The lowest BCUT2D eigenvalue weighted by Gasteiger charge is -2.37. The standard InChI is InChI=1S/C17H26N2OS/c1-13(2)19(15-8-4-3-5-9-15)17(20)12-21-16-10-6-7-14(18)11-16/h6-7,10-11,13,15H,3-5,8-9,12,18H2,1-2H3. The molecular formula is C17H26N2OS. The summed E-state index contributed by atoms with van der Waals surface area (Å²) in [7, 11) is 0. The Balaban J connectivity index is 1.95. The van der Waals surface area contributed by atoms with E-state index in [4.69, 9.17) is 5.73 Å². The first-order valence-electron chi connectivity index (χ1n) is 7.87. The van der Waals surface area contributed by atoms with E-state index in [2.05, 4.69) is 18.7 Å². The van der Waals surface area contributed by atoms with Crippen LogP contribution in [0.3, 0.4) is 0 Å². The Morgan fingerprint density at radius 2 is 2.05 bits per heavy atom. The van der Waals surface area contributed by atoms with Gasteiger partial charge in [-0.05, 0) is 44.9 Å². The van der Waals surface area contributed by atoms with E-state index in [1.807, 2.05) is 24.3 Å². The lowest BCUT2D eigenvalue weighted by atomic mass is 9.93. The summed E-state index contributed by atoms with van der Waals surface area (Å²) in [6, 6.07) is 8.46. The zero-order valence-electron chi connectivity index (χ0n) is 13.0. The predicted molar refractivity (Wildman–Crippen MR) is 90.4 cm³/mol. The molecule has 1 amide bonds. The zero-order valence-corrected chi connectivity index (χ0v) is 13.9. The molecule has 1 saturated carbocycles. The Labute approximate surface area is 132 Å². The molecule has 0 atom stereocenters. The summed E-state index contributed by atoms with van der Waals surface area (Å²) in [5.74, 6) is 0.752. The zero-order chi connectivity index (χ0) is 15.2. The molecule has 0 saturated heterocycles. The van der Waals surface area contributed by atoms with Crippen molar-refractivity contribution in [1.29, 1.82) is 0 Å². The molecule has 0 aromatic heterocycles. The molecule has 0 bridgehead atoms. The first-order valence-corrected chi connectivity index (χ1v) is 8.86. The van der Waals surface area contributed by atoms with Crippen LogP contribution in [0.4, 0.5) is 5.69 Å². The molecule has 4 heteroatoms. The van der Waals surface area contributed by atoms with Gasteiger partial charge in [-0.1, -0.05) is 25.3 Å². The molecule has 0 heterocycles. The third kappa shape index (κ3) is 4.67. The third-order valence-corrected chi connectivity index (χ3v) is 5.01. The van der Waals surface area contributed by atoms with Gasteiger partial charge in [-0.3, -0.25) is 4.79 Å². The van der Waals surface area contributed by atoms with Gasteiger partial charge in [0.2, 0.25) is 5.91 Å². The number of benzene rings is 1. The fourth-order valence-electron chi connectivity index (χ4n) is 3.10. The Hall–Kier alpha value is -1.16. The number of amides is 1. The fourth-order valence-corrected chi connectivity index (χ4v) is 3.93. The molecular weight excluding hydrogens is 280 g/mol. The second kappa shape index (κ2) is 7.74. The number of hydrogen-bond donors (Lipinski definition) is 1. The van der Waals surface area contributed by atoms with Crippen molar-refractivity contribution in [2.75, 3.05) is 11.5 Å². The Morgan fingerprint density at radius 1 is 1.33 bits per heavy atom. The number of nitrogens with zero attached hydrogens (tertiary/aromatic N) is 1. The maximum Gasteiger partial charge on any atom is 0.233 e. The van der Waals surface area contributed by atoms with E-state index < -0.39 is 0 Å². The van der Waals surface area contributed by atoms with Crippen LogP contribution in [0.1, 0.15) is 46.0 Å². The molecule has 1 aromatic rings. The van der Waals surface area contributed by atoms with Crippen LogP contribution in [-0.2, 0) is 4.79 Å². The van der Waals surface area contributed by atoms with Crippen LogP contribution in [0.5, 0.6) is 0 Å². The number of thioether (sulfide) groups is 1. The van der Waals surface area contributed by atoms with E-state index in [-0.39, 0.29) is 11.9 Å². The third-order valence-electron chi connectivity index (χ3n) is 4.03. The quantitative estimate of drug-likeness (QED) is 0.662. The molecule has 0 spiro atoms. The lowest BCUT2D eigenvalue weighted by Crippen LogP contribution is -2.46. The van der Waals surface area contributed by atoms with Crippen molar-refractivity contribution in [3.8, 4) is 0 Å². The molecule has 1 fully saturated rings. The molecule has 2 rings (SSSR count). The normalized spacial score (nSPS) is 16.1. The SMILES string of the molecule is CC(C)N(C(=O)CSc1cccc(N)c1)C1CCCCC1. The van der Waals surface area contributed by atoms with E-state index in [0.29, 0.717) is 11.8 Å². The van der Waals surface area contributed by atoms with Crippen molar-refractivity contribution >= 4 is 23.4 Å². The van der Waals surface area contributed by atoms with Gasteiger partial charge in [-0.2, -0.15) is 0 Å². The van der Waals surface area contributed by atoms with Crippen molar-refractivity contribution in [2.45, 2.75) is 62.9 Å². The largest absolute Gasteiger partial charge is 0.399 e. The maximum absolute atomic E-state index is 12.6. The fraction of sp³-hybridized carbons (Fsp3) is 0.588. The van der Waals surface area contributed by atoms with Gasteiger partial charge in [0.1, 0.15) is 0 Å². The van der Waals surface area contributed by atoms with Crippen LogP contribution in [0.15, 0.2) is 29.2 Å². The number of carbonyl (C=O) groups is 1. The van der Waals surface area contributed by atoms with Gasteiger partial charge in [0.25, 0.3) is 0 Å². The summed E-state index contributed by atoms with van der Waals surface area (Å²) in [5, 5.41) is 0. The monoisotopic (exact) mass is 306 g/mol. The van der Waals surface area contributed by atoms with Gasteiger partial charge in [-0.15, -0.1) is 11.8 Å². The molecule has 1 aliphatic carbocycles. The molecule has 116 valence electrons. The van der Waals surface area contributed by atoms with Crippen LogP contribution in [0.25, 0.3) is 0 Å². The minimum atomic E-state index is 0.254. The predicted octanol–water partition coefficient (Wildman–Crippen LogP) is 3.93. The highest BCUT2D eigenvalue weighted by molar-refractivity contribution is 8.00. The summed E-state index contributed by atoms with van der Waals surface area (Å²) in [4.78, 5) is 15.8. The van der Waals surface area contributed by atoms with Crippen molar-refractivity contribution in [3.05, 3.63) is 24.3 Å². The molecule has 1 aromatic carbocycles. The molecule has 0 radical (unpaired) electrons. The highest BCUT2D eigenvalue weighted by Gasteiger charge is 2.27. The van der Waals surface area contributed by atoms with E-state index in [9.17, 15) is 4.79 Å². The summed E-state index contributed by atoms with van der Waals surface area (Å²) in [6.07, 6.45) is 6.14. The minimum absolute atomic E-state index is 0.254. The molecule has 2 N–H and O–H groups in total. The first kappa shape index (κ1) is 16.2. The van der Waals surface area contributed by atoms with Gasteiger partial charge in [-0.25, -0.2) is 0 Å². The molecule has 0 unspecified atom stereocenters. The van der Waals surface area contributed by atoms with E-state index in [1.54, 1.807) is 11.8 Å². The van der Waals surface area contributed by atoms with Crippen LogP contribution in [0.2, 0.25) is 0 Å². The van der Waals surface area contributed by atoms with Gasteiger partial charge in [0, 0.05) is 22.7 Å². The van der Waals surface area contributed by atoms with E-state index in [1.165, 1.54) is 19.3 Å². The van der Waals surface area contributed by atoms with Gasteiger partial charge >= 0.3 is 0 Å². The summed E-state index contributed by atoms with van der Waals surface area (Å²) < 4.78 is 0. The Morgan fingerprint density at radius 3 is 2.67 bits per heavy atom. The Bertz CT molecular complexity index is 470. The summed E-state index contributed by atoms with van der Waals surface area (Å²) in [6.45, 7) is 4.25. The maximum atomic E-state index is 12.6. The first-order chi connectivity index (χ1) is 10.1. The average molecular weight is 306 g/mol. The number of nitrogen functional groups attached to an aromatic ring is 1. The molecule has 0 aliphatic heterocycles. The van der Waals surface area contributed by atoms with Crippen molar-refractivity contribution in [2.24, 2.45) is 0 Å². The van der Waals surface area contributed by atoms with Crippen molar-refractivity contribution in [1.82, 2.24) is 4.90 Å². The second-order valence-electron chi connectivity index (χ2n) is 6.05. The van der Waals surface area contributed by atoms with Gasteiger partial charge < -0.3 is 10.6 Å². The minimum Gasteiger partial charge on any atom is -0.399 e. The van der Waals surface area contributed by atoms with Gasteiger partial charge in [0.05, 0.1) is 5.75 Å². The Kier molecular flexibility index (Phi) is 5.97. The number of nitrogens with two attached hydrogens (primary N) is 1. The van der Waals surface area contributed by atoms with E-state index >= 15 is 0 Å². The van der Waals surface area contributed by atoms with Gasteiger partial charge in [0.15, 0.2) is 0 Å². The van der Waals surface area contributed by atoms with Crippen LogP contribution < -0.4 is 5.73 Å². The van der Waals surface area contributed by atoms with Crippen LogP contribution >= 0.6 is 11.8 Å². The summed E-state index contributed by atoms with van der Waals surface area (Å²) >= 11 is 1.58. The summed E-state index contributed by atoms with van der Waals surface area (Å²) in [5.41, 5.74) is 6.53. The topological polar surface area (TPSA) is 46.3 Å². The number of anilines is 1. The van der Waals surface area contributed by atoms with Crippen LogP contribution in [0, 0.1) is 0 Å². The highest BCUT2D eigenvalue weighted by Crippen LogP contribution is 2.26. The van der Waals surface area contributed by atoms with Crippen molar-refractivity contribution < 1.29 is 4.79 Å². The van der Waals surface area contributed by atoms with Crippen LogP contribution in [-0.4, -0.2) is 28.6 Å². The van der Waals surface area contributed by atoms with E-state index in [0.717, 1.165) is 23.4 Å². The number of carbonyl (C=O) groups excluding carboxylic acids is 1.